The van der Waals surface area contributed by atoms with Crippen LogP contribution >= 0.6 is 0 Å². The molecule has 1 amide bonds. The number of hydrogen-bond donors (Lipinski definition) is 1. The van der Waals surface area contributed by atoms with E-state index in [0.717, 1.165) is 19.3 Å². The van der Waals surface area contributed by atoms with Gasteiger partial charge in [0, 0.05) is 7.05 Å². The molecular formula is C23H26N4O2. The van der Waals surface area contributed by atoms with Gasteiger partial charge < -0.3 is 9.88 Å². The van der Waals surface area contributed by atoms with Crippen molar-refractivity contribution in [3.63, 3.8) is 0 Å². The van der Waals surface area contributed by atoms with Crippen LogP contribution in [0.3, 0.4) is 0 Å². The van der Waals surface area contributed by atoms with Crippen molar-refractivity contribution in [2.75, 3.05) is 20.6 Å². The molecule has 1 aromatic heterocycles. The number of aromatic amines is 1. The average Bonchev–Trinajstić information content (AvgIpc) is 2.72. The summed E-state index contributed by atoms with van der Waals surface area (Å²) in [7, 11) is 3.76. The number of rotatable bonds is 5. The number of nitrogens with zero attached hydrogens (tertiary/aromatic N) is 3. The maximum Gasteiger partial charge on any atom is 0.258 e. The highest BCUT2D eigenvalue weighted by atomic mass is 16.2. The molecule has 6 heteroatoms. The van der Waals surface area contributed by atoms with Gasteiger partial charge in [-0.2, -0.15) is 0 Å². The van der Waals surface area contributed by atoms with E-state index in [9.17, 15) is 9.59 Å². The minimum atomic E-state index is -0.152. The Morgan fingerprint density at radius 1 is 1.14 bits per heavy atom. The Balaban J connectivity index is 1.44. The van der Waals surface area contributed by atoms with E-state index >= 15 is 0 Å². The molecule has 0 spiro atoms. The van der Waals surface area contributed by atoms with E-state index in [2.05, 4.69) is 28.2 Å². The Labute approximate surface area is 170 Å². The molecule has 0 bridgehead atoms. The summed E-state index contributed by atoms with van der Waals surface area (Å²) in [6.07, 6.45) is 3.16. The van der Waals surface area contributed by atoms with Crippen LogP contribution in [0, 0.1) is 0 Å². The van der Waals surface area contributed by atoms with E-state index in [1.54, 1.807) is 6.07 Å². The lowest BCUT2D eigenvalue weighted by atomic mass is 9.87. The highest BCUT2D eigenvalue weighted by Gasteiger charge is 2.26. The zero-order chi connectivity index (χ0) is 20.4. The summed E-state index contributed by atoms with van der Waals surface area (Å²) in [6.45, 7) is 0.673. The van der Waals surface area contributed by atoms with Gasteiger partial charge in [-0.05, 0) is 49.6 Å². The van der Waals surface area contributed by atoms with Gasteiger partial charge in [0.15, 0.2) is 0 Å². The highest BCUT2D eigenvalue weighted by molar-refractivity contribution is 5.79. The first-order chi connectivity index (χ1) is 14.0. The molecule has 0 aliphatic heterocycles. The quantitative estimate of drug-likeness (QED) is 0.727. The van der Waals surface area contributed by atoms with E-state index in [4.69, 9.17) is 0 Å². The van der Waals surface area contributed by atoms with Crippen molar-refractivity contribution in [3.05, 3.63) is 75.8 Å². The molecule has 29 heavy (non-hydrogen) atoms. The van der Waals surface area contributed by atoms with Gasteiger partial charge in [-0.3, -0.25) is 14.5 Å². The van der Waals surface area contributed by atoms with Gasteiger partial charge in [0.1, 0.15) is 5.82 Å². The van der Waals surface area contributed by atoms with Crippen molar-refractivity contribution < 1.29 is 4.79 Å². The number of aromatic nitrogens is 2. The molecule has 4 rings (SSSR count). The Bertz CT molecular complexity index is 1090. The standard InChI is InChI=1S/C23H26N4O2/c1-26(14-21-24-19-12-6-5-11-18(19)23(29)25-21)15-22(28)27(2)20-13-7-9-16-8-3-4-10-17(16)20/h3-6,8,10-12,20H,7,9,13-15H2,1-2H3,(H,24,25,29). The maximum atomic E-state index is 12.9. The molecule has 3 aromatic rings. The molecule has 0 saturated carbocycles. The third-order valence-electron chi connectivity index (χ3n) is 5.69. The third-order valence-corrected chi connectivity index (χ3v) is 5.69. The molecule has 6 nitrogen and oxygen atoms in total. The van der Waals surface area contributed by atoms with Crippen molar-refractivity contribution >= 4 is 16.8 Å². The van der Waals surface area contributed by atoms with Gasteiger partial charge in [0.05, 0.1) is 30.0 Å². The molecule has 1 atom stereocenters. The van der Waals surface area contributed by atoms with Crippen LogP contribution in [-0.2, 0) is 17.8 Å². The first kappa shape index (κ1) is 19.3. The van der Waals surface area contributed by atoms with Gasteiger partial charge in [-0.1, -0.05) is 36.4 Å². The van der Waals surface area contributed by atoms with Crippen molar-refractivity contribution in [1.29, 1.82) is 0 Å². The van der Waals surface area contributed by atoms with Gasteiger partial charge in [-0.15, -0.1) is 0 Å². The number of carbonyl (C=O) groups is 1. The molecule has 0 radical (unpaired) electrons. The van der Waals surface area contributed by atoms with Crippen molar-refractivity contribution in [2.45, 2.75) is 31.8 Å². The molecule has 2 aromatic carbocycles. The van der Waals surface area contributed by atoms with Crippen LogP contribution in [0.25, 0.3) is 10.9 Å². The molecule has 1 heterocycles. The Kier molecular flexibility index (Phi) is 5.45. The van der Waals surface area contributed by atoms with E-state index in [0.29, 0.717) is 23.3 Å². The Hall–Kier alpha value is -2.99. The van der Waals surface area contributed by atoms with E-state index in [-0.39, 0.29) is 24.1 Å². The molecule has 1 aliphatic carbocycles. The number of fused-ring (bicyclic) bond motifs is 2. The summed E-state index contributed by atoms with van der Waals surface area (Å²) in [5, 5.41) is 0.575. The van der Waals surface area contributed by atoms with Crippen LogP contribution < -0.4 is 5.56 Å². The zero-order valence-corrected chi connectivity index (χ0v) is 16.9. The van der Waals surface area contributed by atoms with Crippen LogP contribution in [0.2, 0.25) is 0 Å². The zero-order valence-electron chi connectivity index (χ0n) is 16.9. The lowest BCUT2D eigenvalue weighted by Gasteiger charge is -2.34. The molecule has 0 saturated heterocycles. The predicted octanol–water partition coefficient (Wildman–Crippen LogP) is 2.89. The largest absolute Gasteiger partial charge is 0.338 e. The summed E-state index contributed by atoms with van der Waals surface area (Å²) in [6, 6.07) is 15.8. The number of benzene rings is 2. The first-order valence-corrected chi connectivity index (χ1v) is 10.0. The minimum absolute atomic E-state index is 0.0670. The lowest BCUT2D eigenvalue weighted by Crippen LogP contribution is -2.39. The van der Waals surface area contributed by atoms with Crippen LogP contribution in [0.1, 0.15) is 35.8 Å². The van der Waals surface area contributed by atoms with Crippen molar-refractivity contribution in [1.82, 2.24) is 19.8 Å². The predicted molar refractivity (Wildman–Crippen MR) is 114 cm³/mol. The monoisotopic (exact) mass is 390 g/mol. The summed E-state index contributed by atoms with van der Waals surface area (Å²) < 4.78 is 0. The van der Waals surface area contributed by atoms with E-state index in [1.807, 2.05) is 48.2 Å². The van der Waals surface area contributed by atoms with Crippen LogP contribution in [-0.4, -0.2) is 46.3 Å². The summed E-state index contributed by atoms with van der Waals surface area (Å²) in [5.41, 5.74) is 3.12. The molecule has 1 unspecified atom stereocenters. The SMILES string of the molecule is CN(CC(=O)N(C)C1CCCc2ccccc21)Cc1nc2ccccc2c(=O)[nH]1. The maximum absolute atomic E-state index is 12.9. The molecule has 1 aliphatic rings. The minimum Gasteiger partial charge on any atom is -0.338 e. The van der Waals surface area contributed by atoms with Crippen molar-refractivity contribution in [3.8, 4) is 0 Å². The normalized spacial score (nSPS) is 16.0. The molecule has 150 valence electrons. The molecule has 0 fully saturated rings. The number of likely N-dealkylation sites (N-methyl/N-ethyl adjacent to an activating group) is 2. The second-order valence-corrected chi connectivity index (χ2v) is 7.81. The molecular weight excluding hydrogens is 364 g/mol. The number of aryl methyl sites for hydroxylation is 1. The van der Waals surface area contributed by atoms with Gasteiger partial charge in [0.25, 0.3) is 5.56 Å². The second kappa shape index (κ2) is 8.17. The van der Waals surface area contributed by atoms with E-state index in [1.165, 1.54) is 11.1 Å². The van der Waals surface area contributed by atoms with Gasteiger partial charge in [-0.25, -0.2) is 4.98 Å². The van der Waals surface area contributed by atoms with E-state index < -0.39 is 0 Å². The fourth-order valence-corrected chi connectivity index (χ4v) is 4.17. The summed E-state index contributed by atoms with van der Waals surface area (Å²) in [5.74, 6) is 0.631. The first-order valence-electron chi connectivity index (χ1n) is 10.0. The topological polar surface area (TPSA) is 69.3 Å². The lowest BCUT2D eigenvalue weighted by molar-refractivity contribution is -0.133. The number of para-hydroxylation sites is 1. The smallest absolute Gasteiger partial charge is 0.258 e. The number of nitrogens with one attached hydrogen (secondary N) is 1. The van der Waals surface area contributed by atoms with Gasteiger partial charge >= 0.3 is 0 Å². The number of carbonyl (C=O) groups excluding carboxylic acids is 1. The summed E-state index contributed by atoms with van der Waals surface area (Å²) in [4.78, 5) is 36.3. The highest BCUT2D eigenvalue weighted by Crippen LogP contribution is 2.33. The number of hydrogen-bond acceptors (Lipinski definition) is 4. The average molecular weight is 390 g/mol. The van der Waals surface area contributed by atoms with Crippen LogP contribution in [0.15, 0.2) is 53.3 Å². The molecule has 1 N–H and O–H groups in total. The fraction of sp³-hybridized carbons (Fsp3) is 0.348. The Morgan fingerprint density at radius 3 is 2.76 bits per heavy atom. The Morgan fingerprint density at radius 2 is 1.90 bits per heavy atom. The van der Waals surface area contributed by atoms with Gasteiger partial charge in [0.2, 0.25) is 5.91 Å². The fourth-order valence-electron chi connectivity index (χ4n) is 4.17. The summed E-state index contributed by atoms with van der Waals surface area (Å²) >= 11 is 0. The van der Waals surface area contributed by atoms with Crippen LogP contribution in [0.4, 0.5) is 0 Å². The third kappa shape index (κ3) is 4.07. The van der Waals surface area contributed by atoms with Crippen molar-refractivity contribution in [2.24, 2.45) is 0 Å². The number of amides is 1. The van der Waals surface area contributed by atoms with Crippen LogP contribution in [0.5, 0.6) is 0 Å². The second-order valence-electron chi connectivity index (χ2n) is 7.81. The number of H-pyrrole nitrogens is 1.